The zero-order valence-electron chi connectivity index (χ0n) is 13.0. The van der Waals surface area contributed by atoms with Crippen molar-refractivity contribution in [2.24, 2.45) is 11.0 Å². The van der Waals surface area contributed by atoms with Crippen molar-refractivity contribution in [2.45, 2.75) is 52.8 Å². The molecular weight excluding hydrogens is 274 g/mol. The van der Waals surface area contributed by atoms with Gasteiger partial charge in [-0.25, -0.2) is 9.78 Å². The summed E-state index contributed by atoms with van der Waals surface area (Å²) in [4.78, 5) is 18.6. The minimum atomic E-state index is -0.575. The summed E-state index contributed by atoms with van der Waals surface area (Å²) in [6, 6.07) is -0.417. The molecule has 1 N–H and O–H groups in total. The summed E-state index contributed by atoms with van der Waals surface area (Å²) in [7, 11) is 0. The van der Waals surface area contributed by atoms with E-state index in [4.69, 9.17) is 14.7 Å². The zero-order valence-corrected chi connectivity index (χ0v) is 13.0. The number of oxazole rings is 1. The van der Waals surface area contributed by atoms with Gasteiger partial charge in [0.15, 0.2) is 0 Å². The number of aromatic nitrogens is 1. The smallest absolute Gasteiger partial charge is 0.408 e. The Balaban J connectivity index is 2.80. The Bertz CT molecular complexity index is 526. The van der Waals surface area contributed by atoms with Crippen molar-refractivity contribution < 1.29 is 13.9 Å². The molecule has 0 unspecified atom stereocenters. The van der Waals surface area contributed by atoms with Crippen molar-refractivity contribution in [3.63, 3.8) is 0 Å². The number of hydrogen-bond acceptors (Lipinski definition) is 5. The highest BCUT2D eigenvalue weighted by Crippen LogP contribution is 2.22. The fourth-order valence-electron chi connectivity index (χ4n) is 1.59. The van der Waals surface area contributed by atoms with Gasteiger partial charge in [-0.05, 0) is 32.2 Å². The molecule has 1 heterocycles. The number of carbonyl (C=O) groups excluding carboxylic acids is 1. The minimum absolute atomic E-state index is 0.0588. The number of ether oxygens (including phenoxy) is 1. The van der Waals surface area contributed by atoms with Gasteiger partial charge in [0.25, 0.3) is 0 Å². The van der Waals surface area contributed by atoms with Gasteiger partial charge >= 0.3 is 6.09 Å². The van der Waals surface area contributed by atoms with Crippen molar-refractivity contribution >= 4 is 6.09 Å². The number of nitrogens with one attached hydrogen (secondary N) is 1. The summed E-state index contributed by atoms with van der Waals surface area (Å²) in [6.07, 6.45) is 0.951. The maximum atomic E-state index is 11.9. The van der Waals surface area contributed by atoms with Crippen molar-refractivity contribution in [2.75, 3.05) is 0 Å². The van der Waals surface area contributed by atoms with Crippen molar-refractivity contribution in [1.29, 1.82) is 0 Å². The number of hydrogen-bond donors (Lipinski definition) is 1. The molecule has 8 nitrogen and oxygen atoms in total. The second-order valence-corrected chi connectivity index (χ2v) is 5.92. The van der Waals surface area contributed by atoms with Crippen LogP contribution in [-0.2, 0) is 11.3 Å². The number of nitrogens with zero attached hydrogens (tertiary/aromatic N) is 4. The van der Waals surface area contributed by atoms with Crippen LogP contribution in [-0.4, -0.2) is 16.7 Å². The summed E-state index contributed by atoms with van der Waals surface area (Å²) in [5.41, 5.74) is 7.71. The number of rotatable bonds is 5. The van der Waals surface area contributed by atoms with E-state index in [1.807, 2.05) is 13.8 Å². The molecule has 0 saturated heterocycles. The first-order valence-electron chi connectivity index (χ1n) is 6.68. The summed E-state index contributed by atoms with van der Waals surface area (Å²) in [5, 5.41) is 6.14. The highest BCUT2D eigenvalue weighted by molar-refractivity contribution is 5.68. The number of alkyl carbamates (subject to hydrolysis) is 1. The van der Waals surface area contributed by atoms with Crippen LogP contribution in [0, 0.1) is 5.92 Å². The van der Waals surface area contributed by atoms with Gasteiger partial charge in [0.2, 0.25) is 5.89 Å². The summed E-state index contributed by atoms with van der Waals surface area (Å²) >= 11 is 0. The molecule has 0 radical (unpaired) electrons. The fourth-order valence-corrected chi connectivity index (χ4v) is 1.59. The molecule has 0 saturated carbocycles. The van der Waals surface area contributed by atoms with Gasteiger partial charge in [-0.15, -0.1) is 0 Å². The lowest BCUT2D eigenvalue weighted by Crippen LogP contribution is -2.37. The van der Waals surface area contributed by atoms with E-state index in [0.29, 0.717) is 11.7 Å². The molecule has 0 aliphatic carbocycles. The predicted octanol–water partition coefficient (Wildman–Crippen LogP) is 3.71. The second-order valence-electron chi connectivity index (χ2n) is 5.92. The number of carbonyl (C=O) groups is 1. The van der Waals surface area contributed by atoms with E-state index in [2.05, 4.69) is 20.3 Å². The molecule has 1 aromatic heterocycles. The van der Waals surface area contributed by atoms with Crippen molar-refractivity contribution in [3.8, 4) is 0 Å². The largest absolute Gasteiger partial charge is 0.444 e. The molecule has 21 heavy (non-hydrogen) atoms. The number of amides is 1. The third kappa shape index (κ3) is 5.74. The molecule has 0 fully saturated rings. The van der Waals surface area contributed by atoms with E-state index in [1.165, 1.54) is 6.20 Å². The number of azide groups is 1. The van der Waals surface area contributed by atoms with Crippen molar-refractivity contribution in [3.05, 3.63) is 28.3 Å². The molecule has 0 aromatic carbocycles. The lowest BCUT2D eigenvalue weighted by atomic mass is 10.1. The van der Waals surface area contributed by atoms with Gasteiger partial charge in [-0.3, -0.25) is 0 Å². The van der Waals surface area contributed by atoms with Gasteiger partial charge in [-0.1, -0.05) is 19.0 Å². The van der Waals surface area contributed by atoms with Crippen LogP contribution in [0.5, 0.6) is 0 Å². The molecule has 1 rings (SSSR count). The quantitative estimate of drug-likeness (QED) is 0.506. The molecule has 116 valence electrons. The van der Waals surface area contributed by atoms with Crippen LogP contribution < -0.4 is 5.32 Å². The molecule has 1 amide bonds. The maximum Gasteiger partial charge on any atom is 0.408 e. The van der Waals surface area contributed by atoms with E-state index < -0.39 is 17.7 Å². The molecule has 1 atom stereocenters. The zero-order chi connectivity index (χ0) is 16.0. The minimum Gasteiger partial charge on any atom is -0.444 e. The Labute approximate surface area is 123 Å². The van der Waals surface area contributed by atoms with Crippen LogP contribution in [0.1, 0.15) is 52.3 Å². The first kappa shape index (κ1) is 16.8. The Kier molecular flexibility index (Phi) is 5.60. The maximum absolute atomic E-state index is 11.9. The van der Waals surface area contributed by atoms with Crippen LogP contribution in [0.15, 0.2) is 15.7 Å². The third-order valence-corrected chi connectivity index (χ3v) is 2.47. The molecule has 0 bridgehead atoms. The van der Waals surface area contributed by atoms with Gasteiger partial charge in [0.05, 0.1) is 12.7 Å². The standard InChI is InChI=1S/C13H21N5O3/c1-8(2)10(17-12(19)21-13(3,4)5)11-15-6-9(20-11)7-16-18-14/h6,8,10H,7H2,1-5H3,(H,17,19)/t10-/m0/s1. The highest BCUT2D eigenvalue weighted by atomic mass is 16.6. The Hall–Kier alpha value is -2.21. The monoisotopic (exact) mass is 295 g/mol. The fraction of sp³-hybridized carbons (Fsp3) is 0.692. The van der Waals surface area contributed by atoms with Gasteiger partial charge in [0, 0.05) is 4.91 Å². The summed E-state index contributed by atoms with van der Waals surface area (Å²) in [5.74, 6) is 0.863. The average Bonchev–Trinajstić information content (AvgIpc) is 2.79. The Morgan fingerprint density at radius 3 is 2.76 bits per heavy atom. The van der Waals surface area contributed by atoms with Crippen LogP contribution in [0.3, 0.4) is 0 Å². The highest BCUT2D eigenvalue weighted by Gasteiger charge is 2.26. The summed E-state index contributed by atoms with van der Waals surface area (Å²) < 4.78 is 10.7. The van der Waals surface area contributed by atoms with E-state index in [9.17, 15) is 4.79 Å². The van der Waals surface area contributed by atoms with Gasteiger partial charge in [0.1, 0.15) is 17.4 Å². The van der Waals surface area contributed by atoms with E-state index in [-0.39, 0.29) is 12.5 Å². The molecule has 0 aliphatic rings. The lowest BCUT2D eigenvalue weighted by Gasteiger charge is -2.24. The Morgan fingerprint density at radius 2 is 2.24 bits per heavy atom. The molecule has 0 spiro atoms. The first-order valence-corrected chi connectivity index (χ1v) is 6.68. The van der Waals surface area contributed by atoms with E-state index in [0.717, 1.165) is 0 Å². The second kappa shape index (κ2) is 6.99. The first-order chi connectivity index (χ1) is 9.73. The van der Waals surface area contributed by atoms with E-state index >= 15 is 0 Å². The van der Waals surface area contributed by atoms with Gasteiger partial charge in [-0.2, -0.15) is 0 Å². The van der Waals surface area contributed by atoms with Crippen LogP contribution in [0.25, 0.3) is 10.4 Å². The lowest BCUT2D eigenvalue weighted by molar-refractivity contribution is 0.0478. The summed E-state index contributed by atoms with van der Waals surface area (Å²) in [6.45, 7) is 9.32. The van der Waals surface area contributed by atoms with Gasteiger partial charge < -0.3 is 14.5 Å². The molecule has 1 aromatic rings. The average molecular weight is 295 g/mol. The van der Waals surface area contributed by atoms with Crippen LogP contribution in [0.4, 0.5) is 4.79 Å². The van der Waals surface area contributed by atoms with E-state index in [1.54, 1.807) is 20.8 Å². The molecule has 0 aliphatic heterocycles. The van der Waals surface area contributed by atoms with Crippen molar-refractivity contribution in [1.82, 2.24) is 10.3 Å². The predicted molar refractivity (Wildman–Crippen MR) is 76.3 cm³/mol. The SMILES string of the molecule is CC(C)[C@H](NC(=O)OC(C)(C)C)c1ncc(CN=[N+]=[N-])o1. The molecular formula is C13H21N5O3. The third-order valence-electron chi connectivity index (χ3n) is 2.47. The van der Waals surface area contributed by atoms with Crippen LogP contribution >= 0.6 is 0 Å². The topological polar surface area (TPSA) is 113 Å². The normalized spacial score (nSPS) is 12.7. The molecule has 8 heteroatoms. The van der Waals surface area contributed by atoms with Crippen LogP contribution in [0.2, 0.25) is 0 Å². The Morgan fingerprint density at radius 1 is 1.57 bits per heavy atom.